The van der Waals surface area contributed by atoms with Crippen molar-refractivity contribution in [1.82, 2.24) is 14.7 Å². The fourth-order valence-corrected chi connectivity index (χ4v) is 4.08. The van der Waals surface area contributed by atoms with E-state index < -0.39 is 10.0 Å². The summed E-state index contributed by atoms with van der Waals surface area (Å²) >= 11 is 3.37. The normalized spacial score (nSPS) is 10.1. The number of benzene rings is 2. The fraction of sp³-hybridized carbons (Fsp3) is 0.333. The predicted octanol–water partition coefficient (Wildman–Crippen LogP) is 5.00. The van der Waals surface area contributed by atoms with E-state index in [2.05, 4.69) is 30.6 Å². The summed E-state index contributed by atoms with van der Waals surface area (Å²) in [5.74, 6) is 0.184. The molecule has 3 rings (SSSR count). The van der Waals surface area contributed by atoms with Crippen molar-refractivity contribution in [1.29, 1.82) is 0 Å². The highest BCUT2D eigenvalue weighted by molar-refractivity contribution is 9.10. The van der Waals surface area contributed by atoms with Crippen LogP contribution in [0, 0.1) is 0 Å². The van der Waals surface area contributed by atoms with E-state index in [1.165, 1.54) is 0 Å². The molecule has 1 heterocycles. The van der Waals surface area contributed by atoms with Gasteiger partial charge in [0.1, 0.15) is 0 Å². The highest BCUT2D eigenvalue weighted by Gasteiger charge is 2.16. The fourth-order valence-electron chi connectivity index (χ4n) is 2.43. The van der Waals surface area contributed by atoms with Crippen molar-refractivity contribution in [2.45, 2.75) is 58.9 Å². The summed E-state index contributed by atoms with van der Waals surface area (Å²) in [5, 5.41) is 0. The highest BCUT2D eigenvalue weighted by atomic mass is 79.9. The molecule has 0 saturated heterocycles. The predicted molar refractivity (Wildman–Crippen MR) is 147 cm³/mol. The summed E-state index contributed by atoms with van der Waals surface area (Å²) in [6.07, 6.45) is 2.04. The first-order valence-corrected chi connectivity index (χ1v) is 13.3. The molecule has 0 radical (unpaired) electrons. The Bertz CT molecular complexity index is 1070. The molecule has 0 atom stereocenters. The van der Waals surface area contributed by atoms with Gasteiger partial charge in [-0.3, -0.25) is 0 Å². The van der Waals surface area contributed by atoms with Gasteiger partial charge in [-0.1, -0.05) is 39.8 Å². The standard InChI is InChI=1S/C14H17BrN4O2S.C6H8N2.2C2H6/c1-9(2)19-22(20,21)11-5-3-4-10(6-11)7-13-12(15)8-17-14(16)18-13;7-5-1-2-6(8)4-3-5;2*1-2/h3-6,8-9,19H,7H2,1-2H3,(H2,16,17,18);1-4H,7-8H2;2*1-2H3. The molecule has 0 aliphatic heterocycles. The number of nitrogens with zero attached hydrogens (tertiary/aromatic N) is 2. The number of sulfonamides is 1. The van der Waals surface area contributed by atoms with E-state index in [1.54, 1.807) is 62.5 Å². The van der Waals surface area contributed by atoms with Gasteiger partial charge in [0.2, 0.25) is 16.0 Å². The number of nitrogen functional groups attached to an aromatic ring is 3. The molecule has 188 valence electrons. The first-order valence-electron chi connectivity index (χ1n) is 11.1. The maximum Gasteiger partial charge on any atom is 0.240 e. The molecule has 0 amide bonds. The van der Waals surface area contributed by atoms with Gasteiger partial charge in [0.25, 0.3) is 0 Å². The lowest BCUT2D eigenvalue weighted by Crippen LogP contribution is -2.30. The zero-order valence-corrected chi connectivity index (χ0v) is 23.1. The van der Waals surface area contributed by atoms with Gasteiger partial charge in [0, 0.05) is 30.0 Å². The van der Waals surface area contributed by atoms with Crippen molar-refractivity contribution >= 4 is 43.3 Å². The van der Waals surface area contributed by atoms with Crippen LogP contribution in [0.1, 0.15) is 52.8 Å². The largest absolute Gasteiger partial charge is 0.399 e. The van der Waals surface area contributed by atoms with Crippen LogP contribution in [0.4, 0.5) is 17.3 Å². The van der Waals surface area contributed by atoms with E-state index in [4.69, 9.17) is 17.2 Å². The monoisotopic (exact) mass is 552 g/mol. The summed E-state index contributed by atoms with van der Waals surface area (Å²) in [5.41, 5.74) is 19.4. The number of rotatable bonds is 5. The first-order chi connectivity index (χ1) is 16.1. The quantitative estimate of drug-likeness (QED) is 0.325. The molecule has 0 fully saturated rings. The SMILES string of the molecule is CC.CC.CC(C)NS(=O)(=O)c1cccc(Cc2nc(N)ncc2Br)c1.Nc1ccc(N)cc1. The van der Waals surface area contributed by atoms with Crippen LogP contribution in [-0.4, -0.2) is 24.4 Å². The summed E-state index contributed by atoms with van der Waals surface area (Å²) in [6.45, 7) is 11.6. The summed E-state index contributed by atoms with van der Waals surface area (Å²) in [7, 11) is -3.51. The van der Waals surface area contributed by atoms with Crippen LogP contribution in [-0.2, 0) is 16.4 Å². The molecule has 0 aliphatic carbocycles. The third kappa shape index (κ3) is 11.4. The van der Waals surface area contributed by atoms with E-state index in [9.17, 15) is 8.42 Å². The van der Waals surface area contributed by atoms with Crippen molar-refractivity contribution < 1.29 is 8.42 Å². The molecule has 0 saturated carbocycles. The minimum Gasteiger partial charge on any atom is -0.399 e. The maximum absolute atomic E-state index is 12.2. The Balaban J connectivity index is 0.000000755. The van der Waals surface area contributed by atoms with Gasteiger partial charge < -0.3 is 17.2 Å². The number of aromatic nitrogens is 2. The van der Waals surface area contributed by atoms with Gasteiger partial charge in [0.05, 0.1) is 15.1 Å². The molecule has 0 aliphatic rings. The summed E-state index contributed by atoms with van der Waals surface area (Å²) < 4.78 is 27.7. The van der Waals surface area contributed by atoms with E-state index in [1.807, 2.05) is 33.8 Å². The number of anilines is 3. The molecule has 0 bridgehead atoms. The van der Waals surface area contributed by atoms with Crippen molar-refractivity contribution in [2.75, 3.05) is 17.2 Å². The van der Waals surface area contributed by atoms with Crippen LogP contribution < -0.4 is 21.9 Å². The summed E-state index contributed by atoms with van der Waals surface area (Å²) in [4.78, 5) is 8.28. The van der Waals surface area contributed by atoms with E-state index in [-0.39, 0.29) is 16.9 Å². The van der Waals surface area contributed by atoms with E-state index >= 15 is 0 Å². The Morgan fingerprint density at radius 2 is 1.47 bits per heavy atom. The summed E-state index contributed by atoms with van der Waals surface area (Å²) in [6, 6.07) is 13.7. The molecular weight excluding hydrogens is 516 g/mol. The second kappa shape index (κ2) is 16.0. The van der Waals surface area contributed by atoms with Crippen molar-refractivity contribution in [3.63, 3.8) is 0 Å². The Morgan fingerprint density at radius 1 is 0.941 bits per heavy atom. The molecule has 3 aromatic rings. The van der Waals surface area contributed by atoms with E-state index in [0.29, 0.717) is 12.1 Å². The molecule has 1 aromatic heterocycles. The Morgan fingerprint density at radius 3 is 1.97 bits per heavy atom. The number of hydrogen-bond acceptors (Lipinski definition) is 7. The molecule has 34 heavy (non-hydrogen) atoms. The second-order valence-electron chi connectivity index (χ2n) is 6.79. The van der Waals surface area contributed by atoms with Crippen LogP contribution in [0.5, 0.6) is 0 Å². The van der Waals surface area contributed by atoms with Gasteiger partial charge in [0.15, 0.2) is 0 Å². The lowest BCUT2D eigenvalue weighted by Gasteiger charge is -2.11. The minimum absolute atomic E-state index is 0.163. The second-order valence-corrected chi connectivity index (χ2v) is 9.36. The first kappa shape index (κ1) is 31.3. The molecular formula is C24H37BrN6O2S. The van der Waals surface area contributed by atoms with Crippen molar-refractivity contribution in [3.8, 4) is 0 Å². The molecule has 2 aromatic carbocycles. The molecule has 0 unspecified atom stereocenters. The van der Waals surface area contributed by atoms with Crippen LogP contribution in [0.15, 0.2) is 64.1 Å². The number of halogens is 1. The molecule has 0 spiro atoms. The topological polar surface area (TPSA) is 150 Å². The number of nitrogens with two attached hydrogens (primary N) is 3. The van der Waals surface area contributed by atoms with Crippen molar-refractivity contribution in [3.05, 3.63) is 70.5 Å². The molecule has 7 N–H and O–H groups in total. The average molecular weight is 554 g/mol. The van der Waals surface area contributed by atoms with Gasteiger partial charge in [-0.05, 0) is 71.7 Å². The zero-order valence-electron chi connectivity index (χ0n) is 20.7. The maximum atomic E-state index is 12.2. The van der Waals surface area contributed by atoms with Gasteiger partial charge >= 0.3 is 0 Å². The average Bonchev–Trinajstić information content (AvgIpc) is 2.81. The third-order valence-electron chi connectivity index (χ3n) is 3.74. The van der Waals surface area contributed by atoms with Crippen LogP contribution in [0.25, 0.3) is 0 Å². The van der Waals surface area contributed by atoms with Crippen LogP contribution in [0.3, 0.4) is 0 Å². The van der Waals surface area contributed by atoms with Crippen LogP contribution >= 0.6 is 15.9 Å². The number of nitrogens with one attached hydrogen (secondary N) is 1. The zero-order chi connectivity index (χ0) is 26.3. The van der Waals surface area contributed by atoms with E-state index in [0.717, 1.165) is 21.4 Å². The van der Waals surface area contributed by atoms with Gasteiger partial charge in [-0.2, -0.15) is 0 Å². The van der Waals surface area contributed by atoms with Crippen molar-refractivity contribution in [2.24, 2.45) is 0 Å². The van der Waals surface area contributed by atoms with Crippen LogP contribution in [0.2, 0.25) is 0 Å². The van der Waals surface area contributed by atoms with Gasteiger partial charge in [-0.15, -0.1) is 0 Å². The highest BCUT2D eigenvalue weighted by Crippen LogP contribution is 2.20. The molecule has 10 heteroatoms. The number of hydrogen-bond donors (Lipinski definition) is 4. The van der Waals surface area contributed by atoms with Gasteiger partial charge in [-0.25, -0.2) is 23.1 Å². The Labute approximate surface area is 212 Å². The Kier molecular flexibility index (Phi) is 14.8. The smallest absolute Gasteiger partial charge is 0.240 e. The lowest BCUT2D eigenvalue weighted by molar-refractivity contribution is 0.569. The third-order valence-corrected chi connectivity index (χ3v) is 6.06. The molecule has 8 nitrogen and oxygen atoms in total. The Hall–Kier alpha value is -2.69. The lowest BCUT2D eigenvalue weighted by atomic mass is 10.1. The minimum atomic E-state index is -3.51.